The van der Waals surface area contributed by atoms with Gasteiger partial charge in [-0.3, -0.25) is 4.79 Å². The number of halogens is 1. The summed E-state index contributed by atoms with van der Waals surface area (Å²) in [6.45, 7) is 0. The molecule has 0 radical (unpaired) electrons. The molecule has 0 aliphatic heterocycles. The predicted octanol–water partition coefficient (Wildman–Crippen LogP) is 5.20. The second-order valence-electron chi connectivity index (χ2n) is 6.89. The Balaban J connectivity index is 1.80. The van der Waals surface area contributed by atoms with Gasteiger partial charge < -0.3 is 10.1 Å². The van der Waals surface area contributed by atoms with E-state index in [-0.39, 0.29) is 0 Å². The molecule has 0 saturated heterocycles. The van der Waals surface area contributed by atoms with Gasteiger partial charge in [-0.2, -0.15) is 0 Å². The Morgan fingerprint density at radius 3 is 2.35 bits per heavy atom. The van der Waals surface area contributed by atoms with Crippen molar-refractivity contribution in [2.45, 2.75) is 6.04 Å². The van der Waals surface area contributed by atoms with Gasteiger partial charge in [-0.05, 0) is 23.8 Å². The summed E-state index contributed by atoms with van der Waals surface area (Å²) >= 11 is 6.36. The minimum absolute atomic E-state index is 0.394. The number of aromatic nitrogens is 1. The van der Waals surface area contributed by atoms with Crippen LogP contribution in [0, 0.1) is 0 Å². The molecular weight excluding hydrogens is 412 g/mol. The Morgan fingerprint density at radius 1 is 0.935 bits per heavy atom. The van der Waals surface area contributed by atoms with Crippen LogP contribution in [0.1, 0.15) is 22.0 Å². The smallest absolute Gasteiger partial charge is 0.333 e. The third-order valence-corrected chi connectivity index (χ3v) is 5.29. The van der Waals surface area contributed by atoms with Crippen LogP contribution in [0.25, 0.3) is 22.2 Å². The predicted molar refractivity (Wildman–Crippen MR) is 121 cm³/mol. The Kier molecular flexibility index (Phi) is 5.96. The summed E-state index contributed by atoms with van der Waals surface area (Å²) in [6.07, 6.45) is 0. The number of rotatable bonds is 5. The number of hydrogen-bond donors (Lipinski definition) is 1. The molecule has 0 spiro atoms. The van der Waals surface area contributed by atoms with Crippen molar-refractivity contribution in [3.63, 3.8) is 0 Å². The summed E-state index contributed by atoms with van der Waals surface area (Å²) in [4.78, 5) is 30.4. The fraction of sp³-hybridized carbons (Fsp3) is 0.0800. The van der Waals surface area contributed by atoms with Gasteiger partial charge in [0.2, 0.25) is 0 Å². The molecule has 31 heavy (non-hydrogen) atoms. The number of amides is 1. The number of pyridine rings is 1. The first-order valence-electron chi connectivity index (χ1n) is 9.67. The lowest BCUT2D eigenvalue weighted by Gasteiger charge is -2.18. The average molecular weight is 431 g/mol. The zero-order valence-electron chi connectivity index (χ0n) is 16.7. The largest absolute Gasteiger partial charge is 0.467 e. The Hall–Kier alpha value is -3.70. The van der Waals surface area contributed by atoms with Gasteiger partial charge >= 0.3 is 5.97 Å². The molecule has 3 aromatic carbocycles. The number of fused-ring (bicyclic) bond motifs is 1. The molecule has 0 saturated carbocycles. The van der Waals surface area contributed by atoms with Crippen LogP contribution in [0.4, 0.5) is 0 Å². The third-order valence-electron chi connectivity index (χ3n) is 4.96. The van der Waals surface area contributed by atoms with Gasteiger partial charge in [0.1, 0.15) is 0 Å². The van der Waals surface area contributed by atoms with Crippen molar-refractivity contribution >= 4 is 34.4 Å². The quantitative estimate of drug-likeness (QED) is 0.442. The molecule has 5 nitrogen and oxygen atoms in total. The van der Waals surface area contributed by atoms with Crippen molar-refractivity contribution in [2.75, 3.05) is 7.11 Å². The first-order valence-corrected chi connectivity index (χ1v) is 10.0. The molecule has 0 fully saturated rings. The Morgan fingerprint density at radius 2 is 1.61 bits per heavy atom. The van der Waals surface area contributed by atoms with Gasteiger partial charge in [-0.25, -0.2) is 9.78 Å². The zero-order chi connectivity index (χ0) is 21.8. The molecule has 6 heteroatoms. The van der Waals surface area contributed by atoms with E-state index in [9.17, 15) is 9.59 Å². The van der Waals surface area contributed by atoms with E-state index in [1.54, 1.807) is 36.4 Å². The van der Waals surface area contributed by atoms with Crippen molar-refractivity contribution in [2.24, 2.45) is 0 Å². The molecule has 1 N–H and O–H groups in total. The van der Waals surface area contributed by atoms with E-state index < -0.39 is 17.9 Å². The van der Waals surface area contributed by atoms with Crippen molar-refractivity contribution in [3.8, 4) is 11.3 Å². The Bertz CT molecular complexity index is 1260. The van der Waals surface area contributed by atoms with Gasteiger partial charge in [-0.1, -0.05) is 78.3 Å². The monoisotopic (exact) mass is 430 g/mol. The van der Waals surface area contributed by atoms with Gasteiger partial charge in [0, 0.05) is 16.0 Å². The van der Waals surface area contributed by atoms with Crippen molar-refractivity contribution < 1.29 is 14.3 Å². The lowest BCUT2D eigenvalue weighted by molar-refractivity contribution is -0.143. The topological polar surface area (TPSA) is 68.3 Å². The van der Waals surface area contributed by atoms with Gasteiger partial charge in [0.15, 0.2) is 6.04 Å². The molecule has 4 rings (SSSR count). The highest BCUT2D eigenvalue weighted by Gasteiger charge is 2.25. The number of nitrogens with zero attached hydrogens (tertiary/aromatic N) is 1. The average Bonchev–Trinajstić information content (AvgIpc) is 2.82. The van der Waals surface area contributed by atoms with E-state index in [1.807, 2.05) is 48.5 Å². The van der Waals surface area contributed by atoms with Gasteiger partial charge in [-0.15, -0.1) is 0 Å². The molecule has 4 aromatic rings. The maximum Gasteiger partial charge on any atom is 0.333 e. The second kappa shape index (κ2) is 8.98. The van der Waals surface area contributed by atoms with E-state index in [1.165, 1.54) is 7.11 Å². The Labute approximate surface area is 184 Å². The molecular formula is C25H19ClN2O3. The van der Waals surface area contributed by atoms with Gasteiger partial charge in [0.05, 0.1) is 23.9 Å². The van der Waals surface area contributed by atoms with Crippen molar-refractivity contribution in [1.82, 2.24) is 10.3 Å². The molecule has 154 valence electrons. The summed E-state index contributed by atoms with van der Waals surface area (Å²) in [6, 6.07) is 24.4. The van der Waals surface area contributed by atoms with E-state index in [4.69, 9.17) is 16.3 Å². The van der Waals surface area contributed by atoms with Crippen LogP contribution in [-0.2, 0) is 9.53 Å². The summed E-state index contributed by atoms with van der Waals surface area (Å²) < 4.78 is 4.92. The number of methoxy groups -OCH3 is 1. The minimum atomic E-state index is -0.936. The van der Waals surface area contributed by atoms with E-state index in [2.05, 4.69) is 10.3 Å². The number of esters is 1. The molecule has 1 heterocycles. The fourth-order valence-corrected chi connectivity index (χ4v) is 3.65. The highest BCUT2D eigenvalue weighted by Crippen LogP contribution is 2.30. The number of ether oxygens (including phenoxy) is 1. The SMILES string of the molecule is COC(=O)[C@H](NC(=O)c1cc(-c2ccccc2Cl)nc2ccccc12)c1ccccc1. The number of carbonyl (C=O) groups is 2. The van der Waals surface area contributed by atoms with Gasteiger partial charge in [0.25, 0.3) is 5.91 Å². The van der Waals surface area contributed by atoms with Crippen LogP contribution in [-0.4, -0.2) is 24.0 Å². The third kappa shape index (κ3) is 4.27. The summed E-state index contributed by atoms with van der Waals surface area (Å²) in [5.41, 5.74) is 2.97. The number of benzene rings is 3. The molecule has 0 aliphatic carbocycles. The standard InChI is InChI=1S/C25H19ClN2O3/c1-31-25(30)23(16-9-3-2-4-10-16)28-24(29)19-15-22(18-12-5-7-13-20(18)26)27-21-14-8-6-11-17(19)21/h2-15,23H,1H3,(H,28,29)/t23-/m1/s1. The maximum absolute atomic E-state index is 13.4. The van der Waals surface area contributed by atoms with Crippen molar-refractivity contribution in [3.05, 3.63) is 101 Å². The first-order chi connectivity index (χ1) is 15.1. The highest BCUT2D eigenvalue weighted by atomic mass is 35.5. The van der Waals surface area contributed by atoms with E-state index in [0.717, 1.165) is 5.56 Å². The molecule has 0 unspecified atom stereocenters. The second-order valence-corrected chi connectivity index (χ2v) is 7.30. The van der Waals surface area contributed by atoms with Crippen LogP contribution >= 0.6 is 11.6 Å². The summed E-state index contributed by atoms with van der Waals surface area (Å²) in [5, 5.41) is 4.02. The van der Waals surface area contributed by atoms with Crippen molar-refractivity contribution in [1.29, 1.82) is 0 Å². The number of nitrogens with one attached hydrogen (secondary N) is 1. The van der Waals surface area contributed by atoms with Crippen LogP contribution in [0.5, 0.6) is 0 Å². The van der Waals surface area contributed by atoms with E-state index >= 15 is 0 Å². The van der Waals surface area contributed by atoms with Crippen LogP contribution in [0.3, 0.4) is 0 Å². The molecule has 1 aromatic heterocycles. The van der Waals surface area contributed by atoms with Crippen LogP contribution in [0.2, 0.25) is 5.02 Å². The first kappa shape index (κ1) is 20.6. The molecule has 1 amide bonds. The lowest BCUT2D eigenvalue weighted by Crippen LogP contribution is -2.34. The highest BCUT2D eigenvalue weighted by molar-refractivity contribution is 6.33. The number of carbonyl (C=O) groups excluding carboxylic acids is 2. The zero-order valence-corrected chi connectivity index (χ0v) is 17.5. The fourth-order valence-electron chi connectivity index (χ4n) is 3.42. The summed E-state index contributed by atoms with van der Waals surface area (Å²) in [5.74, 6) is -0.963. The minimum Gasteiger partial charge on any atom is -0.467 e. The number of hydrogen-bond acceptors (Lipinski definition) is 4. The van der Waals surface area contributed by atoms with Crippen LogP contribution < -0.4 is 5.32 Å². The molecule has 0 bridgehead atoms. The normalized spacial score (nSPS) is 11.7. The summed E-state index contributed by atoms with van der Waals surface area (Å²) in [7, 11) is 1.29. The molecule has 0 aliphatic rings. The molecule has 1 atom stereocenters. The number of para-hydroxylation sites is 1. The maximum atomic E-state index is 13.4. The lowest BCUT2D eigenvalue weighted by atomic mass is 10.0. The van der Waals surface area contributed by atoms with E-state index in [0.29, 0.717) is 32.7 Å². The van der Waals surface area contributed by atoms with Crippen LogP contribution in [0.15, 0.2) is 84.9 Å².